The minimum Gasteiger partial charge on any atom is -0.305 e. The summed E-state index contributed by atoms with van der Waals surface area (Å²) >= 11 is 0. The van der Waals surface area contributed by atoms with Gasteiger partial charge < -0.3 is 4.57 Å². The molecule has 8 nitrogen and oxygen atoms in total. The zero-order chi connectivity index (χ0) is 24.2. The van der Waals surface area contributed by atoms with E-state index >= 15 is 0 Å². The molecule has 3 aromatic rings. The molecule has 34 heavy (non-hydrogen) atoms. The lowest BCUT2D eigenvalue weighted by atomic mass is 10.1. The Morgan fingerprint density at radius 2 is 2.00 bits per heavy atom. The molecular weight excluding hydrogens is 440 g/mol. The quantitative estimate of drug-likeness (QED) is 0.593. The van der Waals surface area contributed by atoms with Crippen molar-refractivity contribution in [3.05, 3.63) is 65.1 Å². The Hall–Kier alpha value is -4.13. The average molecular weight is 461 g/mol. The van der Waals surface area contributed by atoms with E-state index in [2.05, 4.69) is 9.97 Å². The van der Waals surface area contributed by atoms with Crippen molar-refractivity contribution in [3.63, 3.8) is 0 Å². The first-order valence-electron chi connectivity index (χ1n) is 10.8. The van der Waals surface area contributed by atoms with Crippen LogP contribution in [0.5, 0.6) is 0 Å². The number of imidazole rings is 1. The van der Waals surface area contributed by atoms with Crippen LogP contribution in [0, 0.1) is 23.0 Å². The SMILES string of the molecule is CCN1C(=O)c2nc(-c3ccc(C#N)nc3)n(Cc3ccc(F)cc3F)c2N2CC(C)(C)N=C12. The topological polar surface area (TPSA) is 90.4 Å². The molecule has 2 aliphatic heterocycles. The molecule has 0 aliphatic carbocycles. The molecule has 10 heteroatoms. The lowest BCUT2D eigenvalue weighted by Crippen LogP contribution is -2.51. The van der Waals surface area contributed by atoms with E-state index in [-0.39, 0.29) is 29.4 Å². The highest BCUT2D eigenvalue weighted by Gasteiger charge is 2.45. The number of hydrogen-bond donors (Lipinski definition) is 0. The first-order chi connectivity index (χ1) is 16.2. The Morgan fingerprint density at radius 1 is 1.21 bits per heavy atom. The molecule has 0 spiro atoms. The van der Waals surface area contributed by atoms with Crippen LogP contribution in [0.4, 0.5) is 14.6 Å². The fourth-order valence-corrected chi connectivity index (χ4v) is 4.35. The molecule has 0 radical (unpaired) electrons. The van der Waals surface area contributed by atoms with Gasteiger partial charge in [0, 0.05) is 29.9 Å². The van der Waals surface area contributed by atoms with E-state index in [0.717, 1.165) is 6.07 Å². The number of anilines is 1. The van der Waals surface area contributed by atoms with E-state index in [1.807, 2.05) is 31.7 Å². The van der Waals surface area contributed by atoms with Crippen LogP contribution in [0.15, 0.2) is 41.5 Å². The number of pyridine rings is 1. The molecule has 1 aromatic carbocycles. The zero-order valence-corrected chi connectivity index (χ0v) is 18.9. The lowest BCUT2D eigenvalue weighted by molar-refractivity contribution is 0.0841. The van der Waals surface area contributed by atoms with Gasteiger partial charge in [-0.1, -0.05) is 6.07 Å². The van der Waals surface area contributed by atoms with Gasteiger partial charge in [-0.25, -0.2) is 23.7 Å². The third kappa shape index (κ3) is 3.41. The molecule has 0 fully saturated rings. The maximum absolute atomic E-state index is 14.7. The molecule has 0 unspecified atom stereocenters. The second kappa shape index (κ2) is 7.73. The van der Waals surface area contributed by atoms with E-state index in [0.29, 0.717) is 36.3 Å². The van der Waals surface area contributed by atoms with Crippen LogP contribution < -0.4 is 4.90 Å². The number of fused-ring (bicyclic) bond motifs is 3. The summed E-state index contributed by atoms with van der Waals surface area (Å²) in [6.45, 7) is 6.74. The van der Waals surface area contributed by atoms with Crippen LogP contribution in [0.2, 0.25) is 0 Å². The van der Waals surface area contributed by atoms with Crippen molar-refractivity contribution in [2.45, 2.75) is 32.9 Å². The van der Waals surface area contributed by atoms with Crippen LogP contribution in [0.1, 0.15) is 42.5 Å². The monoisotopic (exact) mass is 461 g/mol. The number of amides is 1. The minimum absolute atomic E-state index is 0.00734. The van der Waals surface area contributed by atoms with Gasteiger partial charge in [-0.15, -0.1) is 0 Å². The van der Waals surface area contributed by atoms with Gasteiger partial charge in [0.05, 0.1) is 18.6 Å². The average Bonchev–Trinajstić information content (AvgIpc) is 3.33. The van der Waals surface area contributed by atoms with Crippen molar-refractivity contribution in [1.29, 1.82) is 5.26 Å². The molecule has 1 amide bonds. The number of carbonyl (C=O) groups excluding carboxylic acids is 1. The zero-order valence-electron chi connectivity index (χ0n) is 18.9. The van der Waals surface area contributed by atoms with Crippen molar-refractivity contribution in [3.8, 4) is 17.5 Å². The van der Waals surface area contributed by atoms with Gasteiger partial charge in [0.15, 0.2) is 5.69 Å². The number of carbonyl (C=O) groups is 1. The standard InChI is InChI=1S/C24H21F2N7O/c1-4-31-22(34)19-21(33-13-24(2,3)30-23(31)33)32(12-15-5-7-16(25)9-18(15)26)20(29-19)14-6-8-17(10-27)28-11-14/h5-9,11H,4,12-13H2,1-3H3. The second-order valence-electron chi connectivity index (χ2n) is 8.83. The van der Waals surface area contributed by atoms with Crippen molar-refractivity contribution in [2.24, 2.45) is 4.99 Å². The smallest absolute Gasteiger partial charge is 0.283 e. The summed E-state index contributed by atoms with van der Waals surface area (Å²) in [5, 5.41) is 9.10. The molecule has 0 saturated heterocycles. The Kier molecular flexibility index (Phi) is 4.93. The van der Waals surface area contributed by atoms with Crippen molar-refractivity contribution < 1.29 is 13.6 Å². The van der Waals surface area contributed by atoms with Gasteiger partial charge in [0.2, 0.25) is 5.96 Å². The summed E-state index contributed by atoms with van der Waals surface area (Å²) in [6, 6.07) is 8.61. The van der Waals surface area contributed by atoms with Gasteiger partial charge in [0.1, 0.15) is 35.0 Å². The third-order valence-corrected chi connectivity index (χ3v) is 5.87. The molecule has 172 valence electrons. The Balaban J connectivity index is 1.74. The van der Waals surface area contributed by atoms with Gasteiger partial charge in [-0.3, -0.25) is 14.6 Å². The van der Waals surface area contributed by atoms with E-state index in [4.69, 9.17) is 10.3 Å². The van der Waals surface area contributed by atoms with Crippen LogP contribution in [-0.4, -0.2) is 49.9 Å². The van der Waals surface area contributed by atoms with Crippen LogP contribution in [0.25, 0.3) is 11.4 Å². The molecular formula is C24H21F2N7O. The number of nitriles is 1. The van der Waals surface area contributed by atoms with E-state index in [1.54, 1.807) is 21.6 Å². The molecule has 5 rings (SSSR count). The fraction of sp³-hybridized carbons (Fsp3) is 0.292. The number of benzene rings is 1. The van der Waals surface area contributed by atoms with Crippen LogP contribution >= 0.6 is 0 Å². The largest absolute Gasteiger partial charge is 0.305 e. The normalized spacial score (nSPS) is 16.2. The van der Waals surface area contributed by atoms with Crippen molar-refractivity contribution in [1.82, 2.24) is 19.4 Å². The lowest BCUT2D eigenvalue weighted by Gasteiger charge is -2.34. The molecule has 0 bridgehead atoms. The first-order valence-corrected chi connectivity index (χ1v) is 10.8. The molecule has 2 aliphatic rings. The third-order valence-electron chi connectivity index (χ3n) is 5.87. The van der Waals surface area contributed by atoms with Crippen LogP contribution in [-0.2, 0) is 6.54 Å². The highest BCUT2D eigenvalue weighted by Crippen LogP contribution is 2.38. The molecule has 2 aromatic heterocycles. The molecule has 0 N–H and O–H groups in total. The van der Waals surface area contributed by atoms with Gasteiger partial charge in [0.25, 0.3) is 5.91 Å². The Labute approximate surface area is 194 Å². The van der Waals surface area contributed by atoms with E-state index in [1.165, 1.54) is 18.3 Å². The maximum atomic E-state index is 14.7. The summed E-state index contributed by atoms with van der Waals surface area (Å²) in [5.41, 5.74) is 0.813. The van der Waals surface area contributed by atoms with E-state index < -0.39 is 17.2 Å². The molecule has 0 atom stereocenters. The summed E-state index contributed by atoms with van der Waals surface area (Å²) in [7, 11) is 0. The number of rotatable bonds is 4. The predicted octanol–water partition coefficient (Wildman–Crippen LogP) is 3.57. The van der Waals surface area contributed by atoms with Crippen molar-refractivity contribution >= 4 is 17.7 Å². The Morgan fingerprint density at radius 3 is 2.65 bits per heavy atom. The van der Waals surface area contributed by atoms with Gasteiger partial charge in [-0.05, 0) is 39.0 Å². The number of hydrogen-bond acceptors (Lipinski definition) is 6. The Bertz CT molecular complexity index is 1390. The first kappa shape index (κ1) is 21.7. The number of aliphatic imine (C=N–C) groups is 1. The van der Waals surface area contributed by atoms with Crippen LogP contribution in [0.3, 0.4) is 0 Å². The van der Waals surface area contributed by atoms with Gasteiger partial charge >= 0.3 is 0 Å². The number of aromatic nitrogens is 3. The number of halogens is 2. The maximum Gasteiger partial charge on any atom is 0.283 e. The highest BCUT2D eigenvalue weighted by molar-refractivity contribution is 6.18. The molecule has 0 saturated carbocycles. The molecule has 4 heterocycles. The minimum atomic E-state index is -0.695. The second-order valence-corrected chi connectivity index (χ2v) is 8.83. The summed E-state index contributed by atoms with van der Waals surface area (Å²) in [6.07, 6.45) is 1.49. The van der Waals surface area contributed by atoms with Gasteiger partial charge in [-0.2, -0.15) is 5.26 Å². The number of nitrogens with zero attached hydrogens (tertiary/aromatic N) is 7. The van der Waals surface area contributed by atoms with E-state index in [9.17, 15) is 13.6 Å². The predicted molar refractivity (Wildman–Crippen MR) is 121 cm³/mol. The van der Waals surface area contributed by atoms with Crippen molar-refractivity contribution in [2.75, 3.05) is 18.0 Å². The highest BCUT2D eigenvalue weighted by atomic mass is 19.1. The summed E-state index contributed by atoms with van der Waals surface area (Å²) < 4.78 is 29.9. The fourth-order valence-electron chi connectivity index (χ4n) is 4.35. The summed E-state index contributed by atoms with van der Waals surface area (Å²) in [5.74, 6) is -0.251. The summed E-state index contributed by atoms with van der Waals surface area (Å²) in [4.78, 5) is 30.5. The number of guanidine groups is 1.